The van der Waals surface area contributed by atoms with Crippen LogP contribution in [0.3, 0.4) is 0 Å². The minimum atomic E-state index is 1.16. The van der Waals surface area contributed by atoms with Gasteiger partial charge in [0.05, 0.1) is 0 Å². The van der Waals surface area contributed by atoms with Crippen molar-refractivity contribution in [1.29, 1.82) is 0 Å². The standard InChI is InChI=1S/C7H9N.C4H4S/c1-8-7-5-3-2-4-6-7;1-2-4-5-3-1/h2-6,8H,1H3;1-4H. The minimum Gasteiger partial charge on any atom is -0.388 e. The first-order valence-electron chi connectivity index (χ1n) is 4.13. The van der Waals surface area contributed by atoms with Gasteiger partial charge in [0, 0.05) is 12.7 Å². The predicted molar refractivity (Wildman–Crippen MR) is 60.3 cm³/mol. The second-order valence-electron chi connectivity index (χ2n) is 2.41. The molecular formula is C11H13NS. The Morgan fingerprint density at radius 2 is 1.54 bits per heavy atom. The molecule has 0 atom stereocenters. The Morgan fingerprint density at radius 1 is 0.923 bits per heavy atom. The van der Waals surface area contributed by atoms with E-state index in [1.807, 2.05) is 60.3 Å². The van der Waals surface area contributed by atoms with Gasteiger partial charge in [-0.15, -0.1) is 0 Å². The second-order valence-corrected chi connectivity index (χ2v) is 3.23. The second kappa shape index (κ2) is 6.26. The summed E-state index contributed by atoms with van der Waals surface area (Å²) in [6.45, 7) is 0. The summed E-state index contributed by atoms with van der Waals surface area (Å²) in [5.74, 6) is 0. The van der Waals surface area contributed by atoms with Gasteiger partial charge in [-0.05, 0) is 22.9 Å². The van der Waals surface area contributed by atoms with Gasteiger partial charge in [-0.3, -0.25) is 0 Å². The van der Waals surface area contributed by atoms with E-state index >= 15 is 0 Å². The summed E-state index contributed by atoms with van der Waals surface area (Å²) in [6.07, 6.45) is 0. The Labute approximate surface area is 83.0 Å². The van der Waals surface area contributed by atoms with Crippen molar-refractivity contribution >= 4 is 17.0 Å². The van der Waals surface area contributed by atoms with Crippen LogP contribution >= 0.6 is 11.3 Å². The molecule has 0 radical (unpaired) electrons. The van der Waals surface area contributed by atoms with Crippen LogP contribution in [0.25, 0.3) is 0 Å². The summed E-state index contributed by atoms with van der Waals surface area (Å²) in [5.41, 5.74) is 1.16. The summed E-state index contributed by atoms with van der Waals surface area (Å²) >= 11 is 1.71. The molecule has 0 aliphatic heterocycles. The Balaban J connectivity index is 0.000000145. The number of thiophene rings is 1. The summed E-state index contributed by atoms with van der Waals surface area (Å²) < 4.78 is 0. The molecule has 0 bridgehead atoms. The number of hydrogen-bond acceptors (Lipinski definition) is 2. The highest BCUT2D eigenvalue weighted by molar-refractivity contribution is 7.07. The highest BCUT2D eigenvalue weighted by Crippen LogP contribution is 2.01. The molecule has 0 aliphatic carbocycles. The summed E-state index contributed by atoms with van der Waals surface area (Å²) in [5, 5.41) is 7.11. The lowest BCUT2D eigenvalue weighted by Crippen LogP contribution is -1.84. The van der Waals surface area contributed by atoms with Gasteiger partial charge in [-0.2, -0.15) is 11.3 Å². The molecular weight excluding hydrogens is 178 g/mol. The molecule has 0 spiro atoms. The summed E-state index contributed by atoms with van der Waals surface area (Å²) in [4.78, 5) is 0. The smallest absolute Gasteiger partial charge is 0.0337 e. The topological polar surface area (TPSA) is 12.0 Å². The number of benzene rings is 1. The van der Waals surface area contributed by atoms with Crippen LogP contribution in [0.15, 0.2) is 53.2 Å². The van der Waals surface area contributed by atoms with Gasteiger partial charge in [-0.1, -0.05) is 30.3 Å². The van der Waals surface area contributed by atoms with Crippen molar-refractivity contribution < 1.29 is 0 Å². The number of rotatable bonds is 1. The predicted octanol–water partition coefficient (Wildman–Crippen LogP) is 3.48. The third-order valence-electron chi connectivity index (χ3n) is 1.49. The van der Waals surface area contributed by atoms with Gasteiger partial charge < -0.3 is 5.32 Å². The zero-order valence-corrected chi connectivity index (χ0v) is 8.42. The molecule has 0 amide bonds. The normalized spacial score (nSPS) is 8.38. The third-order valence-corrected chi connectivity index (χ3v) is 2.12. The third kappa shape index (κ3) is 4.33. The molecule has 2 rings (SSSR count). The largest absolute Gasteiger partial charge is 0.388 e. The van der Waals surface area contributed by atoms with Crippen molar-refractivity contribution in [1.82, 2.24) is 0 Å². The van der Waals surface area contributed by atoms with Crippen molar-refractivity contribution in [2.45, 2.75) is 0 Å². The van der Waals surface area contributed by atoms with Gasteiger partial charge in [0.15, 0.2) is 0 Å². The van der Waals surface area contributed by atoms with Crippen molar-refractivity contribution in [2.24, 2.45) is 0 Å². The average Bonchev–Trinajstić information content (AvgIpc) is 2.77. The van der Waals surface area contributed by atoms with Gasteiger partial charge in [-0.25, -0.2) is 0 Å². The van der Waals surface area contributed by atoms with Crippen molar-refractivity contribution in [3.8, 4) is 0 Å². The maximum atomic E-state index is 3.03. The molecule has 13 heavy (non-hydrogen) atoms. The van der Waals surface area contributed by atoms with E-state index in [1.54, 1.807) is 11.3 Å². The van der Waals surface area contributed by atoms with Crippen LogP contribution in [0.4, 0.5) is 5.69 Å². The monoisotopic (exact) mass is 191 g/mol. The fourth-order valence-electron chi connectivity index (χ4n) is 0.832. The molecule has 1 nitrogen and oxygen atoms in total. The molecule has 2 heteroatoms. The SMILES string of the molecule is CNc1ccccc1.c1ccsc1. The maximum Gasteiger partial charge on any atom is 0.0337 e. The molecule has 1 aromatic heterocycles. The first-order valence-corrected chi connectivity index (χ1v) is 5.07. The van der Waals surface area contributed by atoms with Gasteiger partial charge in [0.2, 0.25) is 0 Å². The van der Waals surface area contributed by atoms with E-state index in [-0.39, 0.29) is 0 Å². The first-order chi connectivity index (χ1) is 6.43. The molecule has 1 aromatic carbocycles. The lowest BCUT2D eigenvalue weighted by molar-refractivity contribution is 1.51. The van der Waals surface area contributed by atoms with Gasteiger partial charge >= 0.3 is 0 Å². The molecule has 2 aromatic rings. The summed E-state index contributed by atoms with van der Waals surface area (Å²) in [6, 6.07) is 14.1. The van der Waals surface area contributed by atoms with E-state index in [2.05, 4.69) is 5.32 Å². The van der Waals surface area contributed by atoms with Crippen LogP contribution < -0.4 is 5.32 Å². The Kier molecular flexibility index (Phi) is 4.72. The van der Waals surface area contributed by atoms with Crippen molar-refractivity contribution in [3.63, 3.8) is 0 Å². The van der Waals surface area contributed by atoms with E-state index in [0.29, 0.717) is 0 Å². The van der Waals surface area contributed by atoms with E-state index in [9.17, 15) is 0 Å². The quantitative estimate of drug-likeness (QED) is 0.727. The molecule has 68 valence electrons. The number of nitrogens with one attached hydrogen (secondary N) is 1. The zero-order valence-electron chi connectivity index (χ0n) is 7.60. The van der Waals surface area contributed by atoms with Crippen LogP contribution in [-0.2, 0) is 0 Å². The fourth-order valence-corrected chi connectivity index (χ4v) is 1.29. The summed E-state index contributed by atoms with van der Waals surface area (Å²) in [7, 11) is 1.91. The van der Waals surface area contributed by atoms with E-state index in [0.717, 1.165) is 5.69 Å². The molecule has 0 fully saturated rings. The molecule has 1 N–H and O–H groups in total. The van der Waals surface area contributed by atoms with Crippen LogP contribution in [0.5, 0.6) is 0 Å². The van der Waals surface area contributed by atoms with Gasteiger partial charge in [0.25, 0.3) is 0 Å². The van der Waals surface area contributed by atoms with Crippen LogP contribution in [0.2, 0.25) is 0 Å². The minimum absolute atomic E-state index is 1.16. The maximum absolute atomic E-state index is 3.03. The van der Waals surface area contributed by atoms with Crippen LogP contribution in [-0.4, -0.2) is 7.05 Å². The lowest BCUT2D eigenvalue weighted by atomic mass is 10.3. The molecule has 0 aliphatic rings. The highest BCUT2D eigenvalue weighted by atomic mass is 32.1. The van der Waals surface area contributed by atoms with E-state index < -0.39 is 0 Å². The highest BCUT2D eigenvalue weighted by Gasteiger charge is 1.77. The number of hydrogen-bond donors (Lipinski definition) is 1. The lowest BCUT2D eigenvalue weighted by Gasteiger charge is -1.94. The Morgan fingerprint density at radius 3 is 1.85 bits per heavy atom. The molecule has 0 saturated heterocycles. The van der Waals surface area contributed by atoms with E-state index in [4.69, 9.17) is 0 Å². The first kappa shape index (κ1) is 9.81. The van der Waals surface area contributed by atoms with Crippen molar-refractivity contribution in [2.75, 3.05) is 12.4 Å². The zero-order chi connectivity index (χ0) is 9.36. The van der Waals surface area contributed by atoms with E-state index in [1.165, 1.54) is 0 Å². The van der Waals surface area contributed by atoms with Crippen LogP contribution in [0, 0.1) is 0 Å². The van der Waals surface area contributed by atoms with Gasteiger partial charge in [0.1, 0.15) is 0 Å². The average molecular weight is 191 g/mol. The number of anilines is 1. The molecule has 1 heterocycles. The van der Waals surface area contributed by atoms with Crippen LogP contribution in [0.1, 0.15) is 0 Å². The fraction of sp³-hybridized carbons (Fsp3) is 0.0909. The Hall–Kier alpha value is -1.28. The van der Waals surface area contributed by atoms with Crippen molar-refractivity contribution in [3.05, 3.63) is 53.2 Å². The molecule has 0 saturated carbocycles. The molecule has 0 unspecified atom stereocenters. The Bertz CT molecular complexity index is 272. The number of para-hydroxylation sites is 1.